The van der Waals surface area contributed by atoms with Crippen molar-refractivity contribution in [2.24, 2.45) is 0 Å². The summed E-state index contributed by atoms with van der Waals surface area (Å²) < 4.78 is 10.6. The van der Waals surface area contributed by atoms with E-state index in [0.717, 1.165) is 12.1 Å². The van der Waals surface area contributed by atoms with Crippen LogP contribution in [0.15, 0.2) is 24.3 Å². The molecule has 1 atom stereocenters. The van der Waals surface area contributed by atoms with E-state index in [9.17, 15) is 4.79 Å². The van der Waals surface area contributed by atoms with Crippen LogP contribution < -0.4 is 10.6 Å². The van der Waals surface area contributed by atoms with Crippen molar-refractivity contribution in [2.45, 2.75) is 12.0 Å². The highest BCUT2D eigenvalue weighted by atomic mass is 16.6. The number of hydrogen-bond donors (Lipinski definition) is 1. The molecular formula is C12H14N2O3. The molecule has 2 saturated heterocycles. The van der Waals surface area contributed by atoms with Gasteiger partial charge in [0.2, 0.25) is 0 Å². The van der Waals surface area contributed by atoms with E-state index in [0.29, 0.717) is 25.5 Å². The van der Waals surface area contributed by atoms with Crippen LogP contribution in [0.2, 0.25) is 0 Å². The second-order valence-corrected chi connectivity index (χ2v) is 4.51. The third-order valence-electron chi connectivity index (χ3n) is 3.33. The van der Waals surface area contributed by atoms with Gasteiger partial charge in [0.05, 0.1) is 6.61 Å². The highest BCUT2D eigenvalue weighted by molar-refractivity contribution is 5.92. The zero-order valence-electron chi connectivity index (χ0n) is 9.39. The Morgan fingerprint density at radius 1 is 1.35 bits per heavy atom. The molecule has 1 unspecified atom stereocenters. The third kappa shape index (κ3) is 1.54. The number of amides is 1. The van der Waals surface area contributed by atoms with Crippen molar-refractivity contribution in [1.82, 2.24) is 0 Å². The molecule has 0 bridgehead atoms. The fourth-order valence-corrected chi connectivity index (χ4v) is 2.45. The lowest BCUT2D eigenvalue weighted by Crippen LogP contribution is -2.48. The first-order valence-corrected chi connectivity index (χ1v) is 5.62. The number of cyclic esters (lactones) is 1. The van der Waals surface area contributed by atoms with Gasteiger partial charge in [-0.2, -0.15) is 0 Å². The van der Waals surface area contributed by atoms with Crippen LogP contribution in [0.25, 0.3) is 0 Å². The van der Waals surface area contributed by atoms with Crippen LogP contribution in [0.3, 0.4) is 0 Å². The molecule has 2 aliphatic rings. The molecule has 3 rings (SSSR count). The Balaban J connectivity index is 2.01. The van der Waals surface area contributed by atoms with Gasteiger partial charge in [-0.25, -0.2) is 4.79 Å². The minimum absolute atomic E-state index is 0.318. The summed E-state index contributed by atoms with van der Waals surface area (Å²) >= 11 is 0. The highest BCUT2D eigenvalue weighted by Gasteiger charge is 2.50. The summed E-state index contributed by atoms with van der Waals surface area (Å²) in [7, 11) is 0. The summed E-state index contributed by atoms with van der Waals surface area (Å²) in [4.78, 5) is 13.5. The number of nitrogen functional groups attached to an aromatic ring is 1. The maximum Gasteiger partial charge on any atom is 0.415 e. The zero-order valence-corrected chi connectivity index (χ0v) is 9.39. The van der Waals surface area contributed by atoms with Crippen molar-refractivity contribution >= 4 is 17.5 Å². The zero-order chi connectivity index (χ0) is 11.9. The predicted octanol–water partition coefficient (Wildman–Crippen LogP) is 1.38. The van der Waals surface area contributed by atoms with Crippen LogP contribution in [0.1, 0.15) is 6.42 Å². The van der Waals surface area contributed by atoms with Gasteiger partial charge in [0.1, 0.15) is 12.1 Å². The average molecular weight is 234 g/mol. The number of rotatable bonds is 1. The molecule has 17 heavy (non-hydrogen) atoms. The number of hydrogen-bond acceptors (Lipinski definition) is 4. The molecule has 1 spiro atoms. The summed E-state index contributed by atoms with van der Waals surface area (Å²) in [6, 6.07) is 7.28. The molecule has 0 aliphatic carbocycles. The lowest BCUT2D eigenvalue weighted by molar-refractivity contribution is 0.156. The van der Waals surface area contributed by atoms with Gasteiger partial charge in [-0.3, -0.25) is 4.90 Å². The Morgan fingerprint density at radius 3 is 2.94 bits per heavy atom. The predicted molar refractivity (Wildman–Crippen MR) is 62.8 cm³/mol. The number of nitrogens with zero attached hydrogens (tertiary/aromatic N) is 1. The second-order valence-electron chi connectivity index (χ2n) is 4.51. The van der Waals surface area contributed by atoms with Crippen LogP contribution in [0.5, 0.6) is 0 Å². The van der Waals surface area contributed by atoms with E-state index in [-0.39, 0.29) is 11.6 Å². The topological polar surface area (TPSA) is 64.8 Å². The van der Waals surface area contributed by atoms with Gasteiger partial charge >= 0.3 is 6.09 Å². The van der Waals surface area contributed by atoms with E-state index in [4.69, 9.17) is 15.2 Å². The molecule has 5 nitrogen and oxygen atoms in total. The lowest BCUT2D eigenvalue weighted by Gasteiger charge is -2.29. The number of nitrogens with two attached hydrogens (primary N) is 1. The molecule has 90 valence electrons. The smallest absolute Gasteiger partial charge is 0.415 e. The van der Waals surface area contributed by atoms with E-state index in [1.54, 1.807) is 17.0 Å². The van der Waals surface area contributed by atoms with Gasteiger partial charge < -0.3 is 15.2 Å². The standard InChI is InChI=1S/C12H14N2O3/c13-9-2-1-3-10(6-9)14-11(15)17-8-12(14)4-5-16-7-12/h1-3,6H,4-5,7-8,13H2. The van der Waals surface area contributed by atoms with E-state index in [1.807, 2.05) is 12.1 Å². The number of carbonyl (C=O) groups is 1. The number of ether oxygens (including phenoxy) is 2. The van der Waals surface area contributed by atoms with Crippen LogP contribution in [-0.4, -0.2) is 31.5 Å². The van der Waals surface area contributed by atoms with Crippen LogP contribution in [-0.2, 0) is 9.47 Å². The number of benzene rings is 1. The van der Waals surface area contributed by atoms with Gasteiger partial charge in [0.25, 0.3) is 0 Å². The fraction of sp³-hybridized carbons (Fsp3) is 0.417. The van der Waals surface area contributed by atoms with Gasteiger partial charge in [-0.1, -0.05) is 6.07 Å². The SMILES string of the molecule is Nc1cccc(N2C(=O)OCC23CCOC3)c1. The molecule has 2 aliphatic heterocycles. The van der Waals surface area contributed by atoms with E-state index < -0.39 is 0 Å². The van der Waals surface area contributed by atoms with Crippen molar-refractivity contribution in [3.8, 4) is 0 Å². The van der Waals surface area contributed by atoms with Crippen molar-refractivity contribution in [3.63, 3.8) is 0 Å². The summed E-state index contributed by atoms with van der Waals surface area (Å²) in [5.74, 6) is 0. The second kappa shape index (κ2) is 3.63. The van der Waals surface area contributed by atoms with Crippen molar-refractivity contribution in [2.75, 3.05) is 30.5 Å². The molecular weight excluding hydrogens is 220 g/mol. The number of carbonyl (C=O) groups excluding carboxylic acids is 1. The number of anilines is 2. The van der Waals surface area contributed by atoms with Gasteiger partial charge in [0, 0.05) is 24.4 Å². The summed E-state index contributed by atoms with van der Waals surface area (Å²) in [5, 5.41) is 0. The molecule has 1 aromatic rings. The molecule has 1 amide bonds. The van der Waals surface area contributed by atoms with Crippen LogP contribution >= 0.6 is 0 Å². The van der Waals surface area contributed by atoms with E-state index in [1.165, 1.54) is 0 Å². The van der Waals surface area contributed by atoms with Crippen LogP contribution in [0, 0.1) is 0 Å². The molecule has 2 heterocycles. The van der Waals surface area contributed by atoms with Crippen molar-refractivity contribution in [3.05, 3.63) is 24.3 Å². The van der Waals surface area contributed by atoms with Gasteiger partial charge in [-0.05, 0) is 18.2 Å². The highest BCUT2D eigenvalue weighted by Crippen LogP contribution is 2.37. The Morgan fingerprint density at radius 2 is 2.24 bits per heavy atom. The molecule has 0 aromatic heterocycles. The monoisotopic (exact) mass is 234 g/mol. The van der Waals surface area contributed by atoms with Gasteiger partial charge in [-0.15, -0.1) is 0 Å². The maximum atomic E-state index is 11.9. The molecule has 1 aromatic carbocycles. The van der Waals surface area contributed by atoms with Gasteiger partial charge in [0.15, 0.2) is 0 Å². The summed E-state index contributed by atoms with van der Waals surface area (Å²) in [6.07, 6.45) is 0.481. The molecule has 0 radical (unpaired) electrons. The first kappa shape index (κ1) is 10.4. The first-order valence-electron chi connectivity index (χ1n) is 5.62. The molecule has 2 fully saturated rings. The van der Waals surface area contributed by atoms with Crippen LogP contribution in [0.4, 0.5) is 16.2 Å². The normalized spacial score (nSPS) is 27.8. The average Bonchev–Trinajstić information content (AvgIpc) is 2.88. The molecule has 5 heteroatoms. The lowest BCUT2D eigenvalue weighted by atomic mass is 9.98. The Labute approximate surface area is 99.1 Å². The summed E-state index contributed by atoms with van der Waals surface area (Å²) in [5.41, 5.74) is 6.82. The van der Waals surface area contributed by atoms with Crippen molar-refractivity contribution < 1.29 is 14.3 Å². The minimum atomic E-state index is -0.342. The molecule has 2 N–H and O–H groups in total. The molecule has 0 saturated carbocycles. The first-order chi connectivity index (χ1) is 8.21. The fourth-order valence-electron chi connectivity index (χ4n) is 2.45. The quantitative estimate of drug-likeness (QED) is 0.746. The summed E-state index contributed by atoms with van der Waals surface area (Å²) in [6.45, 7) is 1.57. The third-order valence-corrected chi connectivity index (χ3v) is 3.33. The van der Waals surface area contributed by atoms with E-state index in [2.05, 4.69) is 0 Å². The Kier molecular flexibility index (Phi) is 2.22. The maximum absolute atomic E-state index is 11.9. The Hall–Kier alpha value is -1.75. The Bertz CT molecular complexity index is 455. The van der Waals surface area contributed by atoms with Crippen molar-refractivity contribution in [1.29, 1.82) is 0 Å². The van der Waals surface area contributed by atoms with E-state index >= 15 is 0 Å². The largest absolute Gasteiger partial charge is 0.447 e. The minimum Gasteiger partial charge on any atom is -0.447 e.